The van der Waals surface area contributed by atoms with Crippen LogP contribution in [0.4, 0.5) is 5.69 Å². The van der Waals surface area contributed by atoms with Crippen molar-refractivity contribution in [1.82, 2.24) is 0 Å². The number of hydrogen-bond donors (Lipinski definition) is 1. The highest BCUT2D eigenvalue weighted by Gasteiger charge is 2.05. The number of nitrogens with two attached hydrogens (primary N) is 1. The summed E-state index contributed by atoms with van der Waals surface area (Å²) in [5.74, 6) is 1.59. The van der Waals surface area contributed by atoms with E-state index in [0.29, 0.717) is 6.61 Å². The van der Waals surface area contributed by atoms with Gasteiger partial charge in [-0.15, -0.1) is 0 Å². The number of methoxy groups -OCH3 is 1. The van der Waals surface area contributed by atoms with Crippen molar-refractivity contribution >= 4 is 5.69 Å². The molecule has 2 rings (SSSR count). The summed E-state index contributed by atoms with van der Waals surface area (Å²) in [6.45, 7) is 2.74. The topological polar surface area (TPSA) is 44.5 Å². The monoisotopic (exact) mass is 271 g/mol. The summed E-state index contributed by atoms with van der Waals surface area (Å²) < 4.78 is 11.2. The van der Waals surface area contributed by atoms with Gasteiger partial charge in [0.25, 0.3) is 0 Å². The third-order valence-electron chi connectivity index (χ3n) is 3.26. The SMILES string of the molecule is CCc1ccc(OCCc2ccc(N)cc2)c(OC)c1. The Hall–Kier alpha value is -2.16. The van der Waals surface area contributed by atoms with Crippen molar-refractivity contribution in [2.24, 2.45) is 0 Å². The molecule has 0 aromatic heterocycles. The molecule has 0 aliphatic heterocycles. The zero-order valence-electron chi connectivity index (χ0n) is 12.1. The standard InChI is InChI=1S/C17H21NO2/c1-3-13-6-9-16(17(12-13)19-2)20-11-10-14-4-7-15(18)8-5-14/h4-9,12H,3,10-11,18H2,1-2H3. The van der Waals surface area contributed by atoms with Gasteiger partial charge in [0.1, 0.15) is 0 Å². The molecule has 0 heterocycles. The van der Waals surface area contributed by atoms with Crippen LogP contribution < -0.4 is 15.2 Å². The number of aryl methyl sites for hydroxylation is 1. The smallest absolute Gasteiger partial charge is 0.161 e. The fraction of sp³-hybridized carbons (Fsp3) is 0.294. The van der Waals surface area contributed by atoms with E-state index in [9.17, 15) is 0 Å². The summed E-state index contributed by atoms with van der Waals surface area (Å²) >= 11 is 0. The first-order valence-corrected chi connectivity index (χ1v) is 6.87. The highest BCUT2D eigenvalue weighted by molar-refractivity contribution is 5.43. The maximum Gasteiger partial charge on any atom is 0.161 e. The zero-order valence-corrected chi connectivity index (χ0v) is 12.1. The van der Waals surface area contributed by atoms with Crippen LogP contribution in [0, 0.1) is 0 Å². The second kappa shape index (κ2) is 6.85. The van der Waals surface area contributed by atoms with Crippen LogP contribution >= 0.6 is 0 Å². The van der Waals surface area contributed by atoms with Crippen molar-refractivity contribution in [2.75, 3.05) is 19.5 Å². The van der Waals surface area contributed by atoms with Crippen molar-refractivity contribution in [3.8, 4) is 11.5 Å². The first-order valence-electron chi connectivity index (χ1n) is 6.87. The Morgan fingerprint density at radius 1 is 0.950 bits per heavy atom. The van der Waals surface area contributed by atoms with Gasteiger partial charge in [-0.05, 0) is 41.8 Å². The van der Waals surface area contributed by atoms with E-state index in [-0.39, 0.29) is 0 Å². The van der Waals surface area contributed by atoms with Crippen LogP contribution in [0.2, 0.25) is 0 Å². The molecule has 0 bridgehead atoms. The average Bonchev–Trinajstić information content (AvgIpc) is 2.49. The Morgan fingerprint density at radius 2 is 1.65 bits per heavy atom. The van der Waals surface area contributed by atoms with Crippen molar-refractivity contribution in [2.45, 2.75) is 19.8 Å². The molecule has 0 amide bonds. The normalized spacial score (nSPS) is 10.3. The molecule has 0 radical (unpaired) electrons. The van der Waals surface area contributed by atoms with Gasteiger partial charge in [0.15, 0.2) is 11.5 Å². The van der Waals surface area contributed by atoms with Crippen LogP contribution in [0.15, 0.2) is 42.5 Å². The quantitative estimate of drug-likeness (QED) is 0.818. The van der Waals surface area contributed by atoms with E-state index in [1.54, 1.807) is 7.11 Å². The average molecular weight is 271 g/mol. The molecule has 3 heteroatoms. The molecule has 2 N–H and O–H groups in total. The van der Waals surface area contributed by atoms with E-state index >= 15 is 0 Å². The fourth-order valence-corrected chi connectivity index (χ4v) is 2.01. The van der Waals surface area contributed by atoms with E-state index in [1.165, 1.54) is 11.1 Å². The largest absolute Gasteiger partial charge is 0.493 e. The van der Waals surface area contributed by atoms with Crippen LogP contribution in [-0.2, 0) is 12.8 Å². The number of rotatable bonds is 6. The van der Waals surface area contributed by atoms with E-state index in [2.05, 4.69) is 13.0 Å². The predicted octanol–water partition coefficient (Wildman–Crippen LogP) is 3.46. The molecule has 3 nitrogen and oxygen atoms in total. The Kier molecular flexibility index (Phi) is 4.88. The minimum absolute atomic E-state index is 0.617. The Balaban J connectivity index is 1.95. The number of nitrogen functional groups attached to an aromatic ring is 1. The zero-order chi connectivity index (χ0) is 14.4. The highest BCUT2D eigenvalue weighted by atomic mass is 16.5. The van der Waals surface area contributed by atoms with Gasteiger partial charge in [-0.3, -0.25) is 0 Å². The van der Waals surface area contributed by atoms with E-state index in [0.717, 1.165) is 30.0 Å². The number of hydrogen-bond acceptors (Lipinski definition) is 3. The maximum atomic E-state index is 5.81. The minimum atomic E-state index is 0.617. The first-order chi connectivity index (χ1) is 9.72. The van der Waals surface area contributed by atoms with Crippen LogP contribution in [-0.4, -0.2) is 13.7 Å². The Bertz CT molecular complexity index is 549. The molecular weight excluding hydrogens is 250 g/mol. The van der Waals surface area contributed by atoms with Crippen LogP contribution in [0.1, 0.15) is 18.1 Å². The first kappa shape index (κ1) is 14.3. The van der Waals surface area contributed by atoms with Gasteiger partial charge in [0.05, 0.1) is 13.7 Å². The van der Waals surface area contributed by atoms with Gasteiger partial charge >= 0.3 is 0 Å². The molecule has 0 spiro atoms. The fourth-order valence-electron chi connectivity index (χ4n) is 2.01. The van der Waals surface area contributed by atoms with Crippen LogP contribution in [0.3, 0.4) is 0 Å². The van der Waals surface area contributed by atoms with Gasteiger partial charge in [-0.2, -0.15) is 0 Å². The van der Waals surface area contributed by atoms with Crippen LogP contribution in [0.5, 0.6) is 11.5 Å². The Morgan fingerprint density at radius 3 is 2.30 bits per heavy atom. The summed E-state index contributed by atoms with van der Waals surface area (Å²) in [4.78, 5) is 0. The maximum absolute atomic E-state index is 5.81. The van der Waals surface area contributed by atoms with Crippen LogP contribution in [0.25, 0.3) is 0 Å². The molecule has 2 aromatic carbocycles. The predicted molar refractivity (Wildman–Crippen MR) is 82.4 cm³/mol. The van der Waals surface area contributed by atoms with Crippen molar-refractivity contribution in [3.63, 3.8) is 0 Å². The summed E-state index contributed by atoms with van der Waals surface area (Å²) in [6.07, 6.45) is 1.83. The molecule has 0 saturated heterocycles. The van der Waals surface area contributed by atoms with Gasteiger partial charge in [-0.25, -0.2) is 0 Å². The lowest BCUT2D eigenvalue weighted by molar-refractivity contribution is 0.297. The Labute approximate surface area is 120 Å². The van der Waals surface area contributed by atoms with Gasteiger partial charge < -0.3 is 15.2 Å². The van der Waals surface area contributed by atoms with Crippen molar-refractivity contribution in [1.29, 1.82) is 0 Å². The summed E-state index contributed by atoms with van der Waals surface area (Å²) in [6, 6.07) is 13.9. The molecule has 0 fully saturated rings. The lowest BCUT2D eigenvalue weighted by Crippen LogP contribution is -2.03. The molecule has 0 atom stereocenters. The molecular formula is C17H21NO2. The highest BCUT2D eigenvalue weighted by Crippen LogP contribution is 2.28. The lowest BCUT2D eigenvalue weighted by Gasteiger charge is -2.12. The lowest BCUT2D eigenvalue weighted by atomic mass is 10.1. The van der Waals surface area contributed by atoms with Crippen molar-refractivity contribution < 1.29 is 9.47 Å². The molecule has 20 heavy (non-hydrogen) atoms. The van der Waals surface area contributed by atoms with Gasteiger partial charge in [-0.1, -0.05) is 25.1 Å². The molecule has 2 aromatic rings. The molecule has 0 aliphatic carbocycles. The van der Waals surface area contributed by atoms with E-state index in [4.69, 9.17) is 15.2 Å². The number of benzene rings is 2. The van der Waals surface area contributed by atoms with Crippen molar-refractivity contribution in [3.05, 3.63) is 53.6 Å². The summed E-state index contributed by atoms with van der Waals surface area (Å²) in [5.41, 5.74) is 8.90. The third kappa shape index (κ3) is 3.67. The van der Waals surface area contributed by atoms with E-state index in [1.807, 2.05) is 36.4 Å². The molecule has 0 unspecified atom stereocenters. The molecule has 0 aliphatic rings. The summed E-state index contributed by atoms with van der Waals surface area (Å²) in [5, 5.41) is 0. The third-order valence-corrected chi connectivity index (χ3v) is 3.26. The van der Waals surface area contributed by atoms with E-state index < -0.39 is 0 Å². The van der Waals surface area contributed by atoms with Gasteiger partial charge in [0, 0.05) is 12.1 Å². The second-order valence-electron chi connectivity index (χ2n) is 4.68. The number of ether oxygens (including phenoxy) is 2. The van der Waals surface area contributed by atoms with Gasteiger partial charge in [0.2, 0.25) is 0 Å². The second-order valence-corrected chi connectivity index (χ2v) is 4.68. The number of anilines is 1. The molecule has 0 saturated carbocycles. The summed E-state index contributed by atoms with van der Waals surface area (Å²) in [7, 11) is 1.67. The molecule has 106 valence electrons. The minimum Gasteiger partial charge on any atom is -0.493 e.